The van der Waals surface area contributed by atoms with Crippen molar-refractivity contribution in [2.75, 3.05) is 5.73 Å². The number of nitrogen functional groups attached to an aromatic ring is 1. The lowest BCUT2D eigenvalue weighted by Gasteiger charge is -2.27. The number of hydrogen-bond donors (Lipinski definition) is 2. The molecule has 1 aromatic heterocycles. The summed E-state index contributed by atoms with van der Waals surface area (Å²) in [5.41, 5.74) is 5.48. The molecule has 5 nitrogen and oxygen atoms in total. The first-order valence-electron chi connectivity index (χ1n) is 6.32. The topological polar surface area (TPSA) is 85.1 Å². The number of anilines is 1. The fourth-order valence-electron chi connectivity index (χ4n) is 2.41. The van der Waals surface area contributed by atoms with Crippen LogP contribution in [0.5, 0.6) is 0 Å². The maximum atomic E-state index is 12.2. The van der Waals surface area contributed by atoms with Crippen LogP contribution in [0.15, 0.2) is 17.2 Å². The van der Waals surface area contributed by atoms with E-state index in [1.807, 2.05) is 0 Å². The van der Waals surface area contributed by atoms with Gasteiger partial charge < -0.3 is 5.73 Å². The molecule has 1 aliphatic rings. The first kappa shape index (κ1) is 14.6. The molecule has 2 rings (SSSR count). The minimum absolute atomic E-state index is 0.00919. The fourth-order valence-corrected chi connectivity index (χ4v) is 3.89. The third-order valence-corrected chi connectivity index (χ3v) is 5.20. The molecule has 0 aliphatic heterocycles. The quantitative estimate of drug-likeness (QED) is 0.896. The van der Waals surface area contributed by atoms with Gasteiger partial charge in [0, 0.05) is 12.2 Å². The van der Waals surface area contributed by atoms with Crippen LogP contribution in [0.2, 0.25) is 5.02 Å². The molecule has 0 saturated heterocycles. The highest BCUT2D eigenvalue weighted by Crippen LogP contribution is 2.25. The van der Waals surface area contributed by atoms with Crippen LogP contribution in [-0.2, 0) is 10.0 Å². The predicted molar refractivity (Wildman–Crippen MR) is 75.4 cm³/mol. The Labute approximate surface area is 118 Å². The molecule has 1 heterocycles. The number of nitrogens with zero attached hydrogens (tertiary/aromatic N) is 1. The zero-order valence-electron chi connectivity index (χ0n) is 10.8. The maximum absolute atomic E-state index is 12.2. The van der Waals surface area contributed by atoms with Crippen molar-refractivity contribution in [3.8, 4) is 0 Å². The summed E-state index contributed by atoms with van der Waals surface area (Å²) in [5.74, 6) is 0.682. The average molecular weight is 304 g/mol. The van der Waals surface area contributed by atoms with Crippen LogP contribution in [-0.4, -0.2) is 19.4 Å². The van der Waals surface area contributed by atoms with Crippen molar-refractivity contribution in [2.24, 2.45) is 5.92 Å². The SMILES string of the molecule is CC1CCCC(NS(=O)(=O)c2cnc(N)c(Cl)c2)C1. The van der Waals surface area contributed by atoms with Gasteiger partial charge in [-0.2, -0.15) is 0 Å². The van der Waals surface area contributed by atoms with Gasteiger partial charge >= 0.3 is 0 Å². The summed E-state index contributed by atoms with van der Waals surface area (Å²) < 4.78 is 27.2. The molecule has 1 saturated carbocycles. The molecule has 0 radical (unpaired) electrons. The number of sulfonamides is 1. The zero-order chi connectivity index (χ0) is 14.0. The van der Waals surface area contributed by atoms with Crippen LogP contribution in [0.3, 0.4) is 0 Å². The Balaban J connectivity index is 2.15. The Bertz CT molecular complexity index is 562. The number of nitrogens with two attached hydrogens (primary N) is 1. The van der Waals surface area contributed by atoms with Gasteiger partial charge in [-0.15, -0.1) is 0 Å². The molecular formula is C12H18ClN3O2S. The van der Waals surface area contributed by atoms with E-state index < -0.39 is 10.0 Å². The monoisotopic (exact) mass is 303 g/mol. The Hall–Kier alpha value is -0.850. The predicted octanol–water partition coefficient (Wildman–Crippen LogP) is 2.17. The van der Waals surface area contributed by atoms with Crippen molar-refractivity contribution in [3.05, 3.63) is 17.3 Å². The highest BCUT2D eigenvalue weighted by Gasteiger charge is 2.25. The number of hydrogen-bond acceptors (Lipinski definition) is 4. The lowest BCUT2D eigenvalue weighted by atomic mass is 9.88. The van der Waals surface area contributed by atoms with Gasteiger partial charge in [0.2, 0.25) is 10.0 Å². The van der Waals surface area contributed by atoms with Gasteiger partial charge in [-0.25, -0.2) is 18.1 Å². The third-order valence-electron chi connectivity index (χ3n) is 3.41. The van der Waals surface area contributed by atoms with E-state index in [1.165, 1.54) is 12.3 Å². The largest absolute Gasteiger partial charge is 0.382 e. The van der Waals surface area contributed by atoms with E-state index in [0.29, 0.717) is 5.92 Å². The van der Waals surface area contributed by atoms with E-state index in [9.17, 15) is 8.42 Å². The molecule has 2 unspecified atom stereocenters. The van der Waals surface area contributed by atoms with Gasteiger partial charge in [-0.1, -0.05) is 31.4 Å². The van der Waals surface area contributed by atoms with Crippen LogP contribution in [0.1, 0.15) is 32.6 Å². The number of aromatic nitrogens is 1. The van der Waals surface area contributed by atoms with Gasteiger partial charge in [-0.05, 0) is 24.8 Å². The molecule has 7 heteroatoms. The van der Waals surface area contributed by atoms with Crippen LogP contribution in [0, 0.1) is 5.92 Å². The third kappa shape index (κ3) is 3.58. The van der Waals surface area contributed by atoms with E-state index in [0.717, 1.165) is 25.7 Å². The zero-order valence-corrected chi connectivity index (χ0v) is 12.3. The normalized spacial score (nSPS) is 24.3. The Morgan fingerprint density at radius 3 is 2.84 bits per heavy atom. The minimum atomic E-state index is -3.58. The first-order chi connectivity index (χ1) is 8.88. The van der Waals surface area contributed by atoms with E-state index >= 15 is 0 Å². The van der Waals surface area contributed by atoms with Crippen molar-refractivity contribution in [1.82, 2.24) is 9.71 Å². The Morgan fingerprint density at radius 1 is 1.47 bits per heavy atom. The number of nitrogens with one attached hydrogen (secondary N) is 1. The van der Waals surface area contributed by atoms with Crippen LogP contribution in [0.4, 0.5) is 5.82 Å². The molecule has 1 fully saturated rings. The summed E-state index contributed by atoms with van der Waals surface area (Å²) in [4.78, 5) is 3.84. The molecule has 0 bridgehead atoms. The molecule has 3 N–H and O–H groups in total. The van der Waals surface area contributed by atoms with E-state index in [-0.39, 0.29) is 21.8 Å². The van der Waals surface area contributed by atoms with Gasteiger partial charge in [0.1, 0.15) is 10.7 Å². The molecule has 2 atom stereocenters. The lowest BCUT2D eigenvalue weighted by Crippen LogP contribution is -2.38. The van der Waals surface area contributed by atoms with Gasteiger partial charge in [0.25, 0.3) is 0 Å². The van der Waals surface area contributed by atoms with Crippen molar-refractivity contribution in [2.45, 2.75) is 43.5 Å². The summed E-state index contributed by atoms with van der Waals surface area (Å²) in [6, 6.07) is 1.32. The first-order valence-corrected chi connectivity index (χ1v) is 8.18. The van der Waals surface area contributed by atoms with Crippen molar-refractivity contribution in [1.29, 1.82) is 0 Å². The van der Waals surface area contributed by atoms with E-state index in [2.05, 4.69) is 16.6 Å². The van der Waals surface area contributed by atoms with Crippen molar-refractivity contribution >= 4 is 27.4 Å². The summed E-state index contributed by atoms with van der Waals surface area (Å²) in [5, 5.41) is 0.153. The lowest BCUT2D eigenvalue weighted by molar-refractivity contribution is 0.327. The fraction of sp³-hybridized carbons (Fsp3) is 0.583. The summed E-state index contributed by atoms with van der Waals surface area (Å²) in [6.45, 7) is 2.14. The molecule has 1 aliphatic carbocycles. The molecular weight excluding hydrogens is 286 g/mol. The molecule has 1 aromatic rings. The van der Waals surface area contributed by atoms with E-state index in [1.54, 1.807) is 0 Å². The minimum Gasteiger partial charge on any atom is -0.382 e. The van der Waals surface area contributed by atoms with Crippen molar-refractivity contribution in [3.63, 3.8) is 0 Å². The van der Waals surface area contributed by atoms with Gasteiger partial charge in [-0.3, -0.25) is 0 Å². The highest BCUT2D eigenvalue weighted by molar-refractivity contribution is 7.89. The molecule has 106 valence electrons. The number of rotatable bonds is 3. The highest BCUT2D eigenvalue weighted by atomic mass is 35.5. The summed E-state index contributed by atoms with van der Waals surface area (Å²) >= 11 is 5.81. The van der Waals surface area contributed by atoms with Crippen molar-refractivity contribution < 1.29 is 8.42 Å². The summed E-state index contributed by atoms with van der Waals surface area (Å²) in [7, 11) is -3.58. The van der Waals surface area contributed by atoms with Crippen LogP contribution >= 0.6 is 11.6 Å². The Morgan fingerprint density at radius 2 is 2.21 bits per heavy atom. The standard InChI is InChI=1S/C12H18ClN3O2S/c1-8-3-2-4-9(5-8)16-19(17,18)10-6-11(13)12(14)15-7-10/h6-9,16H,2-5H2,1H3,(H2,14,15). The molecule has 0 spiro atoms. The molecule has 0 amide bonds. The Kier molecular flexibility index (Phi) is 4.32. The van der Waals surface area contributed by atoms with Gasteiger partial charge in [0.05, 0.1) is 5.02 Å². The van der Waals surface area contributed by atoms with Crippen LogP contribution < -0.4 is 10.5 Å². The number of pyridine rings is 1. The van der Waals surface area contributed by atoms with Crippen LogP contribution in [0.25, 0.3) is 0 Å². The van der Waals surface area contributed by atoms with E-state index in [4.69, 9.17) is 17.3 Å². The second-order valence-electron chi connectivity index (χ2n) is 5.13. The second kappa shape index (κ2) is 5.64. The smallest absolute Gasteiger partial charge is 0.242 e. The summed E-state index contributed by atoms with van der Waals surface area (Å²) in [6.07, 6.45) is 5.19. The van der Waals surface area contributed by atoms with Gasteiger partial charge in [0.15, 0.2) is 0 Å². The molecule has 19 heavy (non-hydrogen) atoms. The molecule has 0 aromatic carbocycles. The second-order valence-corrected chi connectivity index (χ2v) is 7.25. The number of halogens is 1. The maximum Gasteiger partial charge on any atom is 0.242 e. The average Bonchev–Trinajstić information content (AvgIpc) is 2.32.